The molecule has 35 heavy (non-hydrogen) atoms. The number of carbonyl (C=O) groups excluding carboxylic acids is 2. The van der Waals surface area contributed by atoms with Crippen molar-refractivity contribution in [1.29, 1.82) is 0 Å². The Balaban J connectivity index is 1.44. The molecular weight excluding hydrogens is 462 g/mol. The number of ketones is 1. The van der Waals surface area contributed by atoms with E-state index in [1.807, 2.05) is 30.9 Å². The van der Waals surface area contributed by atoms with Gasteiger partial charge in [-0.15, -0.1) is 0 Å². The summed E-state index contributed by atoms with van der Waals surface area (Å²) in [5.41, 5.74) is 3.36. The SMILES string of the molecule is [C-]#[N+]c1cccc(C(=O)Cc2cc(Cl)cc(CN3CCN(C(=O)[C@@]4(C)CCCO4)[C@@H](C)C3)c2C)c1. The smallest absolute Gasteiger partial charge is 0.254 e. The molecule has 2 aromatic carbocycles. The largest absolute Gasteiger partial charge is 0.365 e. The molecule has 1 amide bonds. The van der Waals surface area contributed by atoms with Gasteiger partial charge < -0.3 is 9.64 Å². The van der Waals surface area contributed by atoms with Crippen molar-refractivity contribution in [3.63, 3.8) is 0 Å². The van der Waals surface area contributed by atoms with E-state index in [1.165, 1.54) is 0 Å². The Bertz CT molecular complexity index is 1170. The van der Waals surface area contributed by atoms with E-state index < -0.39 is 5.60 Å². The van der Waals surface area contributed by atoms with Crippen molar-refractivity contribution in [2.75, 3.05) is 26.2 Å². The highest BCUT2D eigenvalue weighted by Crippen LogP contribution is 2.30. The zero-order chi connectivity index (χ0) is 25.2. The highest BCUT2D eigenvalue weighted by Gasteiger charge is 2.43. The van der Waals surface area contributed by atoms with E-state index in [-0.39, 0.29) is 24.2 Å². The number of hydrogen-bond donors (Lipinski definition) is 0. The van der Waals surface area contributed by atoms with E-state index in [1.54, 1.807) is 24.3 Å². The number of rotatable bonds is 6. The number of ether oxygens (including phenoxy) is 1. The zero-order valence-electron chi connectivity index (χ0n) is 20.6. The van der Waals surface area contributed by atoms with E-state index in [9.17, 15) is 9.59 Å². The molecule has 0 bridgehead atoms. The van der Waals surface area contributed by atoms with Crippen LogP contribution >= 0.6 is 11.6 Å². The Labute approximate surface area is 212 Å². The average Bonchev–Trinajstić information content (AvgIpc) is 3.29. The number of hydrogen-bond acceptors (Lipinski definition) is 4. The van der Waals surface area contributed by atoms with Gasteiger partial charge in [0.25, 0.3) is 5.91 Å². The number of carbonyl (C=O) groups is 2. The monoisotopic (exact) mass is 493 g/mol. The first-order chi connectivity index (χ1) is 16.7. The quantitative estimate of drug-likeness (QED) is 0.408. The maximum Gasteiger partial charge on any atom is 0.254 e. The van der Waals surface area contributed by atoms with Crippen molar-refractivity contribution in [1.82, 2.24) is 9.80 Å². The van der Waals surface area contributed by atoms with Crippen LogP contribution in [0.25, 0.3) is 4.85 Å². The van der Waals surface area contributed by atoms with Crippen LogP contribution in [0.5, 0.6) is 0 Å². The van der Waals surface area contributed by atoms with Crippen LogP contribution in [-0.2, 0) is 22.5 Å². The van der Waals surface area contributed by atoms with Crippen LogP contribution in [0.2, 0.25) is 5.02 Å². The van der Waals surface area contributed by atoms with E-state index in [0.717, 1.165) is 42.6 Å². The molecule has 2 aromatic rings. The minimum Gasteiger partial charge on any atom is -0.365 e. The first kappa shape index (κ1) is 25.4. The predicted octanol–water partition coefficient (Wildman–Crippen LogP) is 5.23. The van der Waals surface area contributed by atoms with Gasteiger partial charge in [0.15, 0.2) is 11.5 Å². The molecule has 2 heterocycles. The summed E-state index contributed by atoms with van der Waals surface area (Å²) in [5, 5.41) is 0.608. The number of benzene rings is 2. The third kappa shape index (κ3) is 5.59. The van der Waals surface area contributed by atoms with Gasteiger partial charge in [-0.05, 0) is 68.5 Å². The van der Waals surface area contributed by atoms with Gasteiger partial charge in [-0.3, -0.25) is 14.5 Å². The van der Waals surface area contributed by atoms with Gasteiger partial charge >= 0.3 is 0 Å². The van der Waals surface area contributed by atoms with Crippen LogP contribution in [0.15, 0.2) is 36.4 Å². The summed E-state index contributed by atoms with van der Waals surface area (Å²) in [5.74, 6) is 0.0689. The standard InChI is InChI=1S/C28H32ClN3O3/c1-19-17-31(10-11-32(19)27(34)28(3)9-6-12-35-28)18-23-14-24(29)13-22(20(23)2)16-26(33)21-7-5-8-25(15-21)30-4/h5,7-8,13-15,19H,6,9-12,16-18H2,1-3H3/t19-,28+/m0/s1. The van der Waals surface area contributed by atoms with Gasteiger partial charge in [-0.2, -0.15) is 0 Å². The predicted molar refractivity (Wildman–Crippen MR) is 137 cm³/mol. The molecule has 0 spiro atoms. The fraction of sp³-hybridized carbons (Fsp3) is 0.464. The van der Waals surface area contributed by atoms with Crippen LogP contribution in [-0.4, -0.2) is 59.4 Å². The second-order valence-corrected chi connectivity index (χ2v) is 10.3. The van der Waals surface area contributed by atoms with E-state index >= 15 is 0 Å². The number of nitrogens with zero attached hydrogens (tertiary/aromatic N) is 3. The topological polar surface area (TPSA) is 54.2 Å². The Hall–Kier alpha value is -2.72. The molecule has 2 aliphatic rings. The highest BCUT2D eigenvalue weighted by atomic mass is 35.5. The van der Waals surface area contributed by atoms with Gasteiger partial charge in [-0.25, -0.2) is 4.85 Å². The molecule has 0 radical (unpaired) electrons. The Morgan fingerprint density at radius 3 is 2.69 bits per heavy atom. The summed E-state index contributed by atoms with van der Waals surface area (Å²) in [7, 11) is 0. The zero-order valence-corrected chi connectivity index (χ0v) is 21.4. The Morgan fingerprint density at radius 1 is 1.23 bits per heavy atom. The molecule has 2 atom stereocenters. The first-order valence-electron chi connectivity index (χ1n) is 12.2. The van der Waals surface area contributed by atoms with Crippen molar-refractivity contribution in [2.45, 2.75) is 58.2 Å². The summed E-state index contributed by atoms with van der Waals surface area (Å²) in [4.78, 5) is 33.8. The fourth-order valence-electron chi connectivity index (χ4n) is 5.14. The van der Waals surface area contributed by atoms with Crippen molar-refractivity contribution >= 4 is 29.0 Å². The van der Waals surface area contributed by atoms with Crippen LogP contribution in [0.4, 0.5) is 5.69 Å². The van der Waals surface area contributed by atoms with Crippen LogP contribution < -0.4 is 0 Å². The van der Waals surface area contributed by atoms with Gasteiger partial charge in [0.2, 0.25) is 0 Å². The van der Waals surface area contributed by atoms with E-state index in [0.29, 0.717) is 36.0 Å². The second kappa shape index (κ2) is 10.5. The summed E-state index contributed by atoms with van der Waals surface area (Å²) < 4.78 is 5.78. The van der Waals surface area contributed by atoms with Crippen molar-refractivity contribution in [2.24, 2.45) is 0 Å². The van der Waals surface area contributed by atoms with Crippen LogP contribution in [0.1, 0.15) is 53.7 Å². The normalized spacial score (nSPS) is 22.7. The van der Waals surface area contributed by atoms with Crippen molar-refractivity contribution in [3.05, 3.63) is 75.1 Å². The molecule has 0 saturated carbocycles. The number of Topliss-reactive ketones (excluding diaryl/α,β-unsaturated/α-hetero) is 1. The fourth-order valence-corrected chi connectivity index (χ4v) is 5.40. The lowest BCUT2D eigenvalue weighted by Gasteiger charge is -2.42. The molecule has 6 nitrogen and oxygen atoms in total. The summed E-state index contributed by atoms with van der Waals surface area (Å²) >= 11 is 6.46. The van der Waals surface area contributed by atoms with Gasteiger partial charge in [0.1, 0.15) is 5.60 Å². The molecule has 2 aliphatic heterocycles. The molecule has 7 heteroatoms. The lowest BCUT2D eigenvalue weighted by Crippen LogP contribution is -2.58. The third-order valence-electron chi connectivity index (χ3n) is 7.27. The summed E-state index contributed by atoms with van der Waals surface area (Å²) in [6, 6.07) is 10.7. The minimum absolute atomic E-state index is 0.0322. The lowest BCUT2D eigenvalue weighted by molar-refractivity contribution is -0.155. The maximum absolute atomic E-state index is 13.1. The molecule has 0 N–H and O–H groups in total. The molecule has 2 fully saturated rings. The van der Waals surface area contributed by atoms with E-state index in [4.69, 9.17) is 22.9 Å². The highest BCUT2D eigenvalue weighted by molar-refractivity contribution is 6.30. The second-order valence-electron chi connectivity index (χ2n) is 9.88. The van der Waals surface area contributed by atoms with Crippen molar-refractivity contribution < 1.29 is 14.3 Å². The molecule has 0 aliphatic carbocycles. The lowest BCUT2D eigenvalue weighted by atomic mass is 9.95. The molecule has 0 unspecified atom stereocenters. The average molecular weight is 494 g/mol. The van der Waals surface area contributed by atoms with Gasteiger partial charge in [0, 0.05) is 55.8 Å². The number of piperazine rings is 1. The minimum atomic E-state index is -0.685. The van der Waals surface area contributed by atoms with Gasteiger partial charge in [0.05, 0.1) is 6.57 Å². The number of amides is 1. The van der Waals surface area contributed by atoms with Crippen LogP contribution in [0, 0.1) is 13.5 Å². The Morgan fingerprint density at radius 2 is 2.00 bits per heavy atom. The molecule has 4 rings (SSSR count). The molecule has 0 aromatic heterocycles. The van der Waals surface area contributed by atoms with E-state index in [2.05, 4.69) is 16.7 Å². The maximum atomic E-state index is 13.1. The summed E-state index contributed by atoms with van der Waals surface area (Å²) in [6.45, 7) is 16.8. The van der Waals surface area contributed by atoms with Crippen LogP contribution in [0.3, 0.4) is 0 Å². The van der Waals surface area contributed by atoms with Gasteiger partial charge in [-0.1, -0.05) is 29.8 Å². The molecule has 184 valence electrons. The molecule has 2 saturated heterocycles. The number of halogens is 1. The summed E-state index contributed by atoms with van der Waals surface area (Å²) in [6.07, 6.45) is 1.95. The Kier molecular flexibility index (Phi) is 7.61. The first-order valence-corrected chi connectivity index (χ1v) is 12.5. The third-order valence-corrected chi connectivity index (χ3v) is 7.49. The molecular formula is C28H32ClN3O3. The van der Waals surface area contributed by atoms with Crippen molar-refractivity contribution in [3.8, 4) is 0 Å².